The van der Waals surface area contributed by atoms with Gasteiger partial charge in [-0.2, -0.15) is 0 Å². The van der Waals surface area contributed by atoms with Crippen LogP contribution in [0.4, 0.5) is 0 Å². The van der Waals surface area contributed by atoms with Crippen molar-refractivity contribution in [2.24, 2.45) is 21.3 Å². The molecule has 0 amide bonds. The Bertz CT molecular complexity index is 680. The molecular formula is C22H31N3. The van der Waals surface area contributed by atoms with Gasteiger partial charge in [0.1, 0.15) is 5.84 Å². The number of amidine groups is 1. The van der Waals surface area contributed by atoms with E-state index in [1.165, 1.54) is 24.8 Å². The van der Waals surface area contributed by atoms with Crippen LogP contribution in [0.15, 0.2) is 40.8 Å². The largest absolute Gasteiger partial charge is 0.385 e. The molecule has 1 aromatic carbocycles. The van der Waals surface area contributed by atoms with Gasteiger partial charge in [-0.1, -0.05) is 58.0 Å². The van der Waals surface area contributed by atoms with Crippen molar-refractivity contribution in [3.63, 3.8) is 0 Å². The molecule has 0 radical (unpaired) electrons. The second kappa shape index (κ2) is 7.55. The van der Waals surface area contributed by atoms with Crippen molar-refractivity contribution in [3.05, 3.63) is 42.0 Å². The fraction of sp³-hybridized carbons (Fsp3) is 0.545. The summed E-state index contributed by atoms with van der Waals surface area (Å²) in [6, 6.07) is 8.57. The Morgan fingerprint density at radius 2 is 2.04 bits per heavy atom. The molecular weight excluding hydrogens is 306 g/mol. The first-order valence-electron chi connectivity index (χ1n) is 9.64. The van der Waals surface area contributed by atoms with Crippen LogP contribution in [0, 0.1) is 11.3 Å². The van der Waals surface area contributed by atoms with E-state index in [0.29, 0.717) is 12.0 Å². The van der Waals surface area contributed by atoms with Crippen molar-refractivity contribution in [2.75, 3.05) is 13.1 Å². The van der Waals surface area contributed by atoms with Crippen molar-refractivity contribution in [1.82, 2.24) is 5.32 Å². The summed E-state index contributed by atoms with van der Waals surface area (Å²) in [5.41, 5.74) is 4.89. The Morgan fingerprint density at radius 1 is 1.28 bits per heavy atom. The highest BCUT2D eigenvalue weighted by Crippen LogP contribution is 2.42. The Kier molecular flexibility index (Phi) is 5.41. The molecule has 2 aliphatic rings. The molecule has 0 aromatic heterocycles. The van der Waals surface area contributed by atoms with Crippen LogP contribution in [-0.2, 0) is 0 Å². The monoisotopic (exact) mass is 337 g/mol. The van der Waals surface area contributed by atoms with Crippen LogP contribution >= 0.6 is 0 Å². The molecule has 1 unspecified atom stereocenters. The minimum absolute atomic E-state index is 0.452. The lowest BCUT2D eigenvalue weighted by Gasteiger charge is -2.28. The summed E-state index contributed by atoms with van der Waals surface area (Å²) in [4.78, 5) is 9.17. The topological polar surface area (TPSA) is 36.8 Å². The zero-order valence-corrected chi connectivity index (χ0v) is 15.9. The van der Waals surface area contributed by atoms with Crippen LogP contribution < -0.4 is 5.32 Å². The van der Waals surface area contributed by atoms with Gasteiger partial charge < -0.3 is 5.32 Å². The molecule has 1 heterocycles. The molecule has 0 spiro atoms. The fourth-order valence-corrected chi connectivity index (χ4v) is 3.90. The highest BCUT2D eigenvalue weighted by molar-refractivity contribution is 6.12. The zero-order chi connectivity index (χ0) is 17.9. The van der Waals surface area contributed by atoms with E-state index in [-0.39, 0.29) is 0 Å². The first-order valence-corrected chi connectivity index (χ1v) is 9.64. The lowest BCUT2D eigenvalue weighted by molar-refractivity contribution is 0.259. The Labute approximate surface area is 152 Å². The SMILES string of the molecule is C=C(NCC1CCCC1(C)C)c1ccc(C2=NC(CCC)=NC2)cc1. The molecule has 1 N–H and O–H groups in total. The van der Waals surface area contributed by atoms with Crippen molar-refractivity contribution >= 4 is 17.2 Å². The summed E-state index contributed by atoms with van der Waals surface area (Å²) in [5, 5.41) is 3.56. The van der Waals surface area contributed by atoms with Gasteiger partial charge in [-0.05, 0) is 41.7 Å². The minimum atomic E-state index is 0.452. The van der Waals surface area contributed by atoms with Gasteiger partial charge in [-0.25, -0.2) is 4.99 Å². The average Bonchev–Trinajstić information content (AvgIpc) is 3.19. The summed E-state index contributed by atoms with van der Waals surface area (Å²) in [7, 11) is 0. The Balaban J connectivity index is 1.57. The van der Waals surface area contributed by atoms with Gasteiger partial charge in [-0.15, -0.1) is 0 Å². The van der Waals surface area contributed by atoms with E-state index < -0.39 is 0 Å². The molecule has 1 atom stereocenters. The summed E-state index contributed by atoms with van der Waals surface area (Å²) in [6.45, 7) is 12.9. The molecule has 0 saturated heterocycles. The van der Waals surface area contributed by atoms with Crippen molar-refractivity contribution in [3.8, 4) is 0 Å². The number of nitrogens with one attached hydrogen (secondary N) is 1. The van der Waals surface area contributed by atoms with Crippen LogP contribution in [0.3, 0.4) is 0 Å². The predicted octanol–water partition coefficient (Wildman–Crippen LogP) is 5.07. The number of hydrogen-bond donors (Lipinski definition) is 1. The van der Waals surface area contributed by atoms with E-state index in [1.807, 2.05) is 0 Å². The summed E-state index contributed by atoms with van der Waals surface area (Å²) in [5.74, 6) is 1.73. The Hall–Kier alpha value is -1.90. The first-order chi connectivity index (χ1) is 12.0. The molecule has 134 valence electrons. The molecule has 1 saturated carbocycles. The molecule has 3 nitrogen and oxygen atoms in total. The molecule has 1 aliphatic heterocycles. The van der Waals surface area contributed by atoms with E-state index in [4.69, 9.17) is 0 Å². The quantitative estimate of drug-likeness (QED) is 0.740. The van der Waals surface area contributed by atoms with Crippen LogP contribution in [0.5, 0.6) is 0 Å². The van der Waals surface area contributed by atoms with Gasteiger partial charge in [0, 0.05) is 18.7 Å². The third-order valence-electron chi connectivity index (χ3n) is 5.76. The highest BCUT2D eigenvalue weighted by atomic mass is 15.0. The lowest BCUT2D eigenvalue weighted by atomic mass is 9.82. The van der Waals surface area contributed by atoms with Crippen molar-refractivity contribution < 1.29 is 0 Å². The highest BCUT2D eigenvalue weighted by Gasteiger charge is 2.33. The second-order valence-corrected chi connectivity index (χ2v) is 8.06. The number of hydrogen-bond acceptors (Lipinski definition) is 3. The molecule has 3 heteroatoms. The summed E-state index contributed by atoms with van der Waals surface area (Å²) in [6.07, 6.45) is 6.08. The van der Waals surface area contributed by atoms with Crippen LogP contribution in [0.25, 0.3) is 5.70 Å². The number of benzene rings is 1. The van der Waals surface area contributed by atoms with Gasteiger partial charge >= 0.3 is 0 Å². The van der Waals surface area contributed by atoms with Crippen molar-refractivity contribution in [1.29, 1.82) is 0 Å². The zero-order valence-electron chi connectivity index (χ0n) is 15.9. The molecule has 1 aromatic rings. The predicted molar refractivity (Wildman–Crippen MR) is 108 cm³/mol. The van der Waals surface area contributed by atoms with E-state index in [1.54, 1.807) is 0 Å². The van der Waals surface area contributed by atoms with Crippen LogP contribution in [-0.4, -0.2) is 24.6 Å². The number of aliphatic imine (C=N–C) groups is 2. The minimum Gasteiger partial charge on any atom is -0.385 e. The second-order valence-electron chi connectivity index (χ2n) is 8.06. The number of nitrogens with zero attached hydrogens (tertiary/aromatic N) is 2. The molecule has 3 rings (SSSR count). The molecule has 1 aliphatic carbocycles. The maximum atomic E-state index is 4.66. The van der Waals surface area contributed by atoms with Gasteiger partial charge in [0.25, 0.3) is 0 Å². The lowest BCUT2D eigenvalue weighted by Crippen LogP contribution is -2.28. The third kappa shape index (κ3) is 4.20. The van der Waals surface area contributed by atoms with Crippen molar-refractivity contribution in [2.45, 2.75) is 52.9 Å². The van der Waals surface area contributed by atoms with E-state index in [2.05, 4.69) is 66.9 Å². The molecule has 1 fully saturated rings. The molecule has 25 heavy (non-hydrogen) atoms. The van der Waals surface area contributed by atoms with E-state index in [9.17, 15) is 0 Å². The number of rotatable bonds is 7. The summed E-state index contributed by atoms with van der Waals surface area (Å²) < 4.78 is 0. The third-order valence-corrected chi connectivity index (χ3v) is 5.76. The van der Waals surface area contributed by atoms with Crippen LogP contribution in [0.2, 0.25) is 0 Å². The molecule has 0 bridgehead atoms. The normalized spacial score (nSPS) is 21.8. The Morgan fingerprint density at radius 3 is 2.68 bits per heavy atom. The maximum Gasteiger partial charge on any atom is 0.124 e. The fourth-order valence-electron chi connectivity index (χ4n) is 3.90. The first kappa shape index (κ1) is 17.9. The standard InChI is InChI=1S/C22H31N3/c1-5-7-21-24-15-20(25-21)18-11-9-17(10-12-18)16(2)23-14-19-8-6-13-22(19,3)4/h9-12,19,23H,2,5-8,13-15H2,1,3-4H3. The maximum absolute atomic E-state index is 4.66. The average molecular weight is 338 g/mol. The van der Waals surface area contributed by atoms with Gasteiger partial charge in [0.15, 0.2) is 0 Å². The van der Waals surface area contributed by atoms with Gasteiger partial charge in [0.2, 0.25) is 0 Å². The van der Waals surface area contributed by atoms with Gasteiger partial charge in [-0.3, -0.25) is 4.99 Å². The van der Waals surface area contributed by atoms with E-state index in [0.717, 1.165) is 48.1 Å². The van der Waals surface area contributed by atoms with Crippen LogP contribution in [0.1, 0.15) is 64.0 Å². The van der Waals surface area contributed by atoms with E-state index >= 15 is 0 Å². The summed E-state index contributed by atoms with van der Waals surface area (Å²) >= 11 is 0. The smallest absolute Gasteiger partial charge is 0.124 e. The van der Waals surface area contributed by atoms with Gasteiger partial charge in [0.05, 0.1) is 12.3 Å².